The van der Waals surface area contributed by atoms with Gasteiger partial charge in [-0.05, 0) is 49.1 Å². The Bertz CT molecular complexity index is 1020. The molecule has 1 amide bonds. The summed E-state index contributed by atoms with van der Waals surface area (Å²) in [6, 6.07) is 9.94. The Labute approximate surface area is 176 Å². The highest BCUT2D eigenvalue weighted by Gasteiger charge is 2.22. The van der Waals surface area contributed by atoms with Crippen LogP contribution in [0, 0.1) is 0 Å². The average molecular weight is 405 g/mol. The van der Waals surface area contributed by atoms with Crippen LogP contribution in [-0.2, 0) is 24.2 Å². The molecule has 5 rings (SSSR count). The van der Waals surface area contributed by atoms with Crippen LogP contribution < -0.4 is 4.74 Å². The normalized spacial score (nSPS) is 17.1. The fourth-order valence-corrected chi connectivity index (χ4v) is 4.47. The number of carbonyl (C=O) groups excluding carboxylic acids is 1. The smallest absolute Gasteiger partial charge is 0.260 e. The maximum atomic E-state index is 12.6. The van der Waals surface area contributed by atoms with E-state index in [2.05, 4.69) is 16.0 Å². The number of benzene rings is 1. The SMILES string of the molecule is O=C(COc1ccc2oc3c(c2c1)CCCC3)N1CCN(Cc2cccnc2)CC1. The van der Waals surface area contributed by atoms with Gasteiger partial charge < -0.3 is 14.1 Å². The van der Waals surface area contributed by atoms with Crippen molar-refractivity contribution in [1.29, 1.82) is 0 Å². The predicted molar refractivity (Wildman–Crippen MR) is 114 cm³/mol. The van der Waals surface area contributed by atoms with Crippen molar-refractivity contribution in [3.8, 4) is 5.75 Å². The van der Waals surface area contributed by atoms with Crippen LogP contribution in [0.15, 0.2) is 47.1 Å². The van der Waals surface area contributed by atoms with Crippen LogP contribution in [-0.4, -0.2) is 53.5 Å². The molecule has 0 radical (unpaired) electrons. The summed E-state index contributed by atoms with van der Waals surface area (Å²) < 4.78 is 11.8. The van der Waals surface area contributed by atoms with Crippen LogP contribution in [0.2, 0.25) is 0 Å². The molecule has 156 valence electrons. The summed E-state index contributed by atoms with van der Waals surface area (Å²) in [6.07, 6.45) is 8.18. The van der Waals surface area contributed by atoms with Crippen molar-refractivity contribution in [1.82, 2.24) is 14.8 Å². The van der Waals surface area contributed by atoms with E-state index in [0.717, 1.165) is 68.0 Å². The minimum Gasteiger partial charge on any atom is -0.484 e. The van der Waals surface area contributed by atoms with Crippen LogP contribution in [0.5, 0.6) is 5.75 Å². The molecule has 6 nitrogen and oxygen atoms in total. The lowest BCUT2D eigenvalue weighted by atomic mass is 9.96. The molecule has 0 saturated carbocycles. The lowest BCUT2D eigenvalue weighted by Gasteiger charge is -2.34. The molecule has 0 unspecified atom stereocenters. The Morgan fingerprint density at radius 2 is 1.97 bits per heavy atom. The number of carbonyl (C=O) groups is 1. The summed E-state index contributed by atoms with van der Waals surface area (Å²) in [6.45, 7) is 4.16. The van der Waals surface area contributed by atoms with Gasteiger partial charge in [0, 0.05) is 62.5 Å². The van der Waals surface area contributed by atoms with Gasteiger partial charge in [0.2, 0.25) is 0 Å². The summed E-state index contributed by atoms with van der Waals surface area (Å²) in [5, 5.41) is 1.14. The fraction of sp³-hybridized carbons (Fsp3) is 0.417. The Kier molecular flexibility index (Phi) is 5.41. The van der Waals surface area contributed by atoms with Crippen LogP contribution in [0.1, 0.15) is 29.7 Å². The third kappa shape index (κ3) is 4.05. The average Bonchev–Trinajstić information content (AvgIpc) is 3.17. The van der Waals surface area contributed by atoms with Gasteiger partial charge in [0.05, 0.1) is 0 Å². The van der Waals surface area contributed by atoms with Crippen molar-refractivity contribution in [2.24, 2.45) is 0 Å². The third-order valence-corrected chi connectivity index (χ3v) is 6.14. The van der Waals surface area contributed by atoms with Crippen molar-refractivity contribution >= 4 is 16.9 Å². The molecular weight excluding hydrogens is 378 g/mol. The number of nitrogens with zero attached hydrogens (tertiary/aromatic N) is 3. The molecule has 0 bridgehead atoms. The molecule has 0 atom stereocenters. The van der Waals surface area contributed by atoms with Gasteiger partial charge in [-0.2, -0.15) is 0 Å². The van der Waals surface area contributed by atoms with Crippen molar-refractivity contribution in [2.45, 2.75) is 32.2 Å². The lowest BCUT2D eigenvalue weighted by Crippen LogP contribution is -2.49. The second-order valence-electron chi connectivity index (χ2n) is 8.18. The van der Waals surface area contributed by atoms with E-state index in [4.69, 9.17) is 9.15 Å². The molecule has 1 fully saturated rings. The topological polar surface area (TPSA) is 58.8 Å². The standard InChI is InChI=1S/C24H27N3O3/c28-24(27-12-10-26(11-13-27)16-18-4-3-9-25-15-18)17-29-19-7-8-23-21(14-19)20-5-1-2-6-22(20)30-23/h3-4,7-9,14-15H,1-2,5-6,10-13,16-17H2. The number of hydrogen-bond donors (Lipinski definition) is 0. The molecule has 1 aliphatic heterocycles. The number of aryl methyl sites for hydroxylation is 2. The third-order valence-electron chi connectivity index (χ3n) is 6.14. The predicted octanol–water partition coefficient (Wildman–Crippen LogP) is 3.43. The molecule has 3 aromatic rings. The van der Waals surface area contributed by atoms with Crippen molar-refractivity contribution in [3.05, 3.63) is 59.6 Å². The summed E-state index contributed by atoms with van der Waals surface area (Å²) >= 11 is 0. The molecule has 2 aromatic heterocycles. The Morgan fingerprint density at radius 1 is 1.10 bits per heavy atom. The van der Waals surface area contributed by atoms with Crippen molar-refractivity contribution in [2.75, 3.05) is 32.8 Å². The van der Waals surface area contributed by atoms with Crippen LogP contribution in [0.25, 0.3) is 11.0 Å². The zero-order valence-electron chi connectivity index (χ0n) is 17.2. The van der Waals surface area contributed by atoms with E-state index in [0.29, 0.717) is 0 Å². The summed E-state index contributed by atoms with van der Waals surface area (Å²) in [5.41, 5.74) is 3.44. The molecule has 1 saturated heterocycles. The van der Waals surface area contributed by atoms with Crippen LogP contribution in [0.3, 0.4) is 0 Å². The van der Waals surface area contributed by atoms with Crippen LogP contribution >= 0.6 is 0 Å². The molecule has 0 N–H and O–H groups in total. The zero-order valence-corrected chi connectivity index (χ0v) is 17.2. The molecule has 30 heavy (non-hydrogen) atoms. The molecule has 1 aliphatic carbocycles. The molecule has 3 heterocycles. The summed E-state index contributed by atoms with van der Waals surface area (Å²) in [7, 11) is 0. The maximum absolute atomic E-state index is 12.6. The van der Waals surface area contributed by atoms with E-state index >= 15 is 0 Å². The number of ether oxygens (including phenoxy) is 1. The van der Waals surface area contributed by atoms with Crippen molar-refractivity contribution < 1.29 is 13.9 Å². The van der Waals surface area contributed by atoms with Gasteiger partial charge in [-0.3, -0.25) is 14.7 Å². The van der Waals surface area contributed by atoms with Crippen molar-refractivity contribution in [3.63, 3.8) is 0 Å². The largest absolute Gasteiger partial charge is 0.484 e. The first-order valence-corrected chi connectivity index (χ1v) is 10.8. The second kappa shape index (κ2) is 8.48. The van der Waals surface area contributed by atoms with Gasteiger partial charge >= 0.3 is 0 Å². The quantitative estimate of drug-likeness (QED) is 0.651. The number of piperazine rings is 1. The first-order valence-electron chi connectivity index (χ1n) is 10.8. The van der Waals surface area contributed by atoms with E-state index in [1.165, 1.54) is 24.0 Å². The van der Waals surface area contributed by atoms with E-state index < -0.39 is 0 Å². The monoisotopic (exact) mass is 405 g/mol. The Hall–Kier alpha value is -2.86. The molecule has 0 spiro atoms. The van der Waals surface area contributed by atoms with Gasteiger partial charge in [0.1, 0.15) is 17.1 Å². The highest BCUT2D eigenvalue weighted by molar-refractivity contribution is 5.84. The highest BCUT2D eigenvalue weighted by Crippen LogP contribution is 2.33. The molecular formula is C24H27N3O3. The number of aromatic nitrogens is 1. The maximum Gasteiger partial charge on any atom is 0.260 e. The number of amides is 1. The Morgan fingerprint density at radius 3 is 2.80 bits per heavy atom. The number of pyridine rings is 1. The summed E-state index contributed by atoms with van der Waals surface area (Å²) in [4.78, 5) is 21.1. The van der Waals surface area contributed by atoms with Gasteiger partial charge in [-0.1, -0.05) is 6.07 Å². The number of rotatable bonds is 5. The Balaban J connectivity index is 1.15. The first-order chi connectivity index (χ1) is 14.8. The van der Waals surface area contributed by atoms with E-state index in [1.807, 2.05) is 35.4 Å². The van der Waals surface area contributed by atoms with Gasteiger partial charge in [-0.25, -0.2) is 0 Å². The number of fused-ring (bicyclic) bond motifs is 3. The minimum atomic E-state index is 0.0466. The van der Waals surface area contributed by atoms with Crippen LogP contribution in [0.4, 0.5) is 0 Å². The molecule has 6 heteroatoms. The second-order valence-corrected chi connectivity index (χ2v) is 8.18. The fourth-order valence-electron chi connectivity index (χ4n) is 4.47. The van der Waals surface area contributed by atoms with E-state index in [-0.39, 0.29) is 12.5 Å². The number of furan rings is 1. The van der Waals surface area contributed by atoms with E-state index in [9.17, 15) is 4.79 Å². The molecule has 2 aliphatic rings. The van der Waals surface area contributed by atoms with E-state index in [1.54, 1.807) is 6.20 Å². The number of hydrogen-bond acceptors (Lipinski definition) is 5. The highest BCUT2D eigenvalue weighted by atomic mass is 16.5. The van der Waals surface area contributed by atoms with Gasteiger partial charge in [0.15, 0.2) is 6.61 Å². The zero-order chi connectivity index (χ0) is 20.3. The van der Waals surface area contributed by atoms with Gasteiger partial charge in [-0.15, -0.1) is 0 Å². The summed E-state index contributed by atoms with van der Waals surface area (Å²) in [5.74, 6) is 1.90. The van der Waals surface area contributed by atoms with Gasteiger partial charge in [0.25, 0.3) is 5.91 Å². The molecule has 1 aromatic carbocycles. The minimum absolute atomic E-state index is 0.0466. The lowest BCUT2D eigenvalue weighted by molar-refractivity contribution is -0.135. The first kappa shape index (κ1) is 19.1.